The molecule has 0 saturated carbocycles. The van der Waals surface area contributed by atoms with Crippen LogP contribution in [0.3, 0.4) is 0 Å². The number of unbranched alkanes of at least 4 members (excludes halogenated alkanes) is 34. The Hall–Kier alpha value is 0.440. The zero-order valence-electron chi connectivity index (χ0n) is 34.9. The Morgan fingerprint density at radius 2 is 0.408 bits per heavy atom. The molecule has 2 heteroatoms. The summed E-state index contributed by atoms with van der Waals surface area (Å²) in [5.74, 6) is 0. The van der Waals surface area contributed by atoms with Crippen LogP contribution < -0.4 is 5.73 Å². The van der Waals surface area contributed by atoms with Gasteiger partial charge in [-0.15, -0.1) is 17.0 Å². The monoisotopic (exact) mass is 756 g/mol. The molecule has 2 N–H and O–H groups in total. The highest BCUT2D eigenvalue weighted by molar-refractivity contribution is 8.93. The van der Waals surface area contributed by atoms with E-state index in [4.69, 9.17) is 5.73 Å². The van der Waals surface area contributed by atoms with Crippen LogP contribution in [-0.4, -0.2) is 6.54 Å². The second-order valence-electron chi connectivity index (χ2n) is 16.7. The quantitative estimate of drug-likeness (QED) is 0.0616. The van der Waals surface area contributed by atoms with E-state index in [1.54, 1.807) is 0 Å². The van der Waals surface area contributed by atoms with E-state index in [9.17, 15) is 0 Å². The molecule has 0 bridgehead atoms. The Morgan fingerprint density at radius 3 is 0.592 bits per heavy atom. The van der Waals surface area contributed by atoms with Gasteiger partial charge in [-0.05, 0) is 44.1 Å². The topological polar surface area (TPSA) is 26.0 Å². The molecule has 298 valence electrons. The molecule has 1 nitrogen and oxygen atoms in total. The number of nitrogens with two attached hydrogens (primary N) is 1. The van der Waals surface area contributed by atoms with Crippen LogP contribution in [0, 0.1) is 5.41 Å². The molecule has 49 heavy (non-hydrogen) atoms. The van der Waals surface area contributed by atoms with E-state index < -0.39 is 0 Å². The van der Waals surface area contributed by atoms with Crippen molar-refractivity contribution in [2.45, 2.75) is 290 Å². The lowest BCUT2D eigenvalue weighted by molar-refractivity contribution is 0.171. The van der Waals surface area contributed by atoms with Crippen LogP contribution in [0.5, 0.6) is 0 Å². The van der Waals surface area contributed by atoms with E-state index in [0.29, 0.717) is 5.41 Å². The van der Waals surface area contributed by atoms with Crippen molar-refractivity contribution in [3.63, 3.8) is 0 Å². The van der Waals surface area contributed by atoms with Crippen LogP contribution >= 0.6 is 17.0 Å². The molecule has 0 heterocycles. The summed E-state index contributed by atoms with van der Waals surface area (Å²) in [6, 6.07) is 0. The van der Waals surface area contributed by atoms with Crippen molar-refractivity contribution in [2.75, 3.05) is 6.54 Å². The van der Waals surface area contributed by atoms with Gasteiger partial charge in [-0.1, -0.05) is 258 Å². The molecule has 0 aliphatic heterocycles. The van der Waals surface area contributed by atoms with Gasteiger partial charge < -0.3 is 5.73 Å². The third kappa shape index (κ3) is 39.5. The summed E-state index contributed by atoms with van der Waals surface area (Å²) in [5.41, 5.74) is 6.36. The molecule has 0 atom stereocenters. The van der Waals surface area contributed by atoms with Crippen molar-refractivity contribution >= 4 is 17.0 Å². The Balaban J connectivity index is 0. The molecule has 0 radical (unpaired) electrons. The van der Waals surface area contributed by atoms with Gasteiger partial charge in [-0.2, -0.15) is 0 Å². The Bertz CT molecular complexity index is 502. The lowest BCUT2D eigenvalue weighted by Crippen LogP contribution is -2.21. The van der Waals surface area contributed by atoms with Gasteiger partial charge in [0.15, 0.2) is 0 Å². The maximum atomic E-state index is 5.71. The van der Waals surface area contributed by atoms with E-state index in [2.05, 4.69) is 20.8 Å². The molecule has 0 aliphatic rings. The molecular weight excluding hydrogens is 658 g/mol. The van der Waals surface area contributed by atoms with E-state index in [1.165, 1.54) is 270 Å². The normalized spacial score (nSPS) is 11.8. The third-order valence-electron chi connectivity index (χ3n) is 11.8. The van der Waals surface area contributed by atoms with Crippen molar-refractivity contribution in [3.8, 4) is 0 Å². The first kappa shape index (κ1) is 51.5. The molecule has 0 aromatic heterocycles. The maximum absolute atomic E-state index is 5.71. The highest BCUT2D eigenvalue weighted by Gasteiger charge is 2.28. The molecule has 0 aromatic rings. The molecule has 0 rings (SSSR count). The molecular formula is C47H98BrN. The Kier molecular flexibility index (Phi) is 46.9. The van der Waals surface area contributed by atoms with E-state index in [1.807, 2.05) is 0 Å². The summed E-state index contributed by atoms with van der Waals surface area (Å²) in [7, 11) is 0. The van der Waals surface area contributed by atoms with Gasteiger partial charge in [0.05, 0.1) is 0 Å². The molecule has 0 amide bonds. The number of rotatable bonds is 43. The number of hydrogen-bond donors (Lipinski definition) is 1. The van der Waals surface area contributed by atoms with Crippen molar-refractivity contribution in [1.82, 2.24) is 0 Å². The first-order chi connectivity index (χ1) is 23.7. The van der Waals surface area contributed by atoms with Crippen molar-refractivity contribution in [1.29, 1.82) is 0 Å². The first-order valence-electron chi connectivity index (χ1n) is 23.4. The lowest BCUT2D eigenvalue weighted by Gasteiger charge is -2.35. The summed E-state index contributed by atoms with van der Waals surface area (Å²) in [6.45, 7) is 7.87. The minimum absolute atomic E-state index is 0. The zero-order chi connectivity index (χ0) is 34.9. The fourth-order valence-corrected chi connectivity index (χ4v) is 8.42. The molecule has 0 saturated heterocycles. The van der Waals surface area contributed by atoms with Gasteiger partial charge in [0.1, 0.15) is 0 Å². The summed E-state index contributed by atoms with van der Waals surface area (Å²) >= 11 is 0. The highest BCUT2D eigenvalue weighted by atomic mass is 79.9. The van der Waals surface area contributed by atoms with Crippen LogP contribution in [0.25, 0.3) is 0 Å². The molecule has 0 fully saturated rings. The van der Waals surface area contributed by atoms with E-state index >= 15 is 0 Å². The predicted octanol–water partition coefficient (Wildman–Crippen LogP) is 18.0. The van der Waals surface area contributed by atoms with Crippen molar-refractivity contribution in [3.05, 3.63) is 0 Å². The van der Waals surface area contributed by atoms with Crippen LogP contribution in [0.15, 0.2) is 0 Å². The summed E-state index contributed by atoms with van der Waals surface area (Å²) < 4.78 is 0. The molecule has 0 aliphatic carbocycles. The molecule has 0 spiro atoms. The standard InChI is InChI=1S/C47H97N.BrH/c1-4-7-10-13-16-19-22-27-32-37-42-47(45-40-35-30-25-26-31-36-41-46-48,43-38-33-28-23-20-17-14-11-8-5-2)44-39-34-29-24-21-18-15-12-9-6-3;/h4-46,48H2,1-3H3;1H. The maximum Gasteiger partial charge on any atom is -0.00773 e. The van der Waals surface area contributed by atoms with Gasteiger partial charge in [-0.3, -0.25) is 0 Å². The SMILES string of the molecule is Br.CCCCCCCCCCCCC(CCCCCCCCCCN)(CCCCCCCCCCCC)CCCCCCCCCCCC. The van der Waals surface area contributed by atoms with Crippen molar-refractivity contribution in [2.24, 2.45) is 11.1 Å². The number of halogens is 1. The predicted molar refractivity (Wildman–Crippen MR) is 233 cm³/mol. The van der Waals surface area contributed by atoms with Crippen LogP contribution in [0.4, 0.5) is 0 Å². The van der Waals surface area contributed by atoms with Crippen LogP contribution in [-0.2, 0) is 0 Å². The average molecular weight is 757 g/mol. The summed E-state index contributed by atoms with van der Waals surface area (Å²) in [6.07, 6.45) is 61.5. The Labute approximate surface area is 323 Å². The van der Waals surface area contributed by atoms with Gasteiger partial charge >= 0.3 is 0 Å². The van der Waals surface area contributed by atoms with Gasteiger partial charge in [0.25, 0.3) is 0 Å². The molecule has 0 unspecified atom stereocenters. The largest absolute Gasteiger partial charge is 0.330 e. The Morgan fingerprint density at radius 1 is 0.245 bits per heavy atom. The second kappa shape index (κ2) is 44.6. The summed E-state index contributed by atoms with van der Waals surface area (Å²) in [5, 5.41) is 0. The lowest BCUT2D eigenvalue weighted by atomic mass is 9.70. The first-order valence-corrected chi connectivity index (χ1v) is 23.4. The van der Waals surface area contributed by atoms with Gasteiger partial charge in [0.2, 0.25) is 0 Å². The fraction of sp³-hybridized carbons (Fsp3) is 1.00. The average Bonchev–Trinajstić information content (AvgIpc) is 3.10. The zero-order valence-corrected chi connectivity index (χ0v) is 36.6. The minimum atomic E-state index is 0. The van der Waals surface area contributed by atoms with Crippen LogP contribution in [0.2, 0.25) is 0 Å². The minimum Gasteiger partial charge on any atom is -0.330 e. The highest BCUT2D eigenvalue weighted by Crippen LogP contribution is 2.42. The smallest absolute Gasteiger partial charge is 0.00773 e. The fourth-order valence-electron chi connectivity index (χ4n) is 8.42. The van der Waals surface area contributed by atoms with Crippen LogP contribution in [0.1, 0.15) is 290 Å². The van der Waals surface area contributed by atoms with Crippen molar-refractivity contribution < 1.29 is 0 Å². The summed E-state index contributed by atoms with van der Waals surface area (Å²) in [4.78, 5) is 0. The number of hydrogen-bond acceptors (Lipinski definition) is 1. The van der Waals surface area contributed by atoms with Gasteiger partial charge in [0, 0.05) is 0 Å². The van der Waals surface area contributed by atoms with Gasteiger partial charge in [-0.25, -0.2) is 0 Å². The molecule has 0 aromatic carbocycles. The van der Waals surface area contributed by atoms with E-state index in [0.717, 1.165) is 6.54 Å². The second-order valence-corrected chi connectivity index (χ2v) is 16.7. The third-order valence-corrected chi connectivity index (χ3v) is 11.8. The van der Waals surface area contributed by atoms with E-state index in [-0.39, 0.29) is 17.0 Å².